The van der Waals surface area contributed by atoms with Crippen LogP contribution in [0.1, 0.15) is 6.92 Å². The topological polar surface area (TPSA) is 83.0 Å². The Balaban J connectivity index is 1.67. The lowest BCUT2D eigenvalue weighted by Crippen LogP contribution is -2.12. The third-order valence-electron chi connectivity index (χ3n) is 4.18. The summed E-state index contributed by atoms with van der Waals surface area (Å²) in [6, 6.07) is 16.6. The monoisotopic (exact) mass is 406 g/mol. The van der Waals surface area contributed by atoms with Crippen LogP contribution in [0, 0.1) is 0 Å². The smallest absolute Gasteiger partial charge is 0.282 e. The Morgan fingerprint density at radius 3 is 2.72 bits per heavy atom. The van der Waals surface area contributed by atoms with Gasteiger partial charge in [0, 0.05) is 22.7 Å². The molecule has 0 aliphatic carbocycles. The minimum atomic E-state index is -0.288. The molecule has 0 unspecified atom stereocenters. The second kappa shape index (κ2) is 8.32. The van der Waals surface area contributed by atoms with Crippen LogP contribution in [0.3, 0.4) is 0 Å². The first kappa shape index (κ1) is 18.9. The SMILES string of the molecule is CCOc1ccc(-c2noc(-c3nn(-c4cccc(SC)c4)ccc3=O)n2)cc1. The van der Waals surface area contributed by atoms with Crippen molar-refractivity contribution in [1.29, 1.82) is 0 Å². The zero-order chi connectivity index (χ0) is 20.2. The summed E-state index contributed by atoms with van der Waals surface area (Å²) in [5.41, 5.74) is 1.41. The Hall–Kier alpha value is -3.39. The molecule has 29 heavy (non-hydrogen) atoms. The van der Waals surface area contributed by atoms with Crippen molar-refractivity contribution in [2.75, 3.05) is 12.9 Å². The molecule has 0 atom stereocenters. The maximum absolute atomic E-state index is 12.4. The lowest BCUT2D eigenvalue weighted by atomic mass is 10.2. The maximum atomic E-state index is 12.4. The van der Waals surface area contributed by atoms with E-state index in [0.29, 0.717) is 12.4 Å². The predicted octanol–water partition coefficient (Wildman–Crippen LogP) is 4.07. The molecule has 0 spiro atoms. The van der Waals surface area contributed by atoms with Crippen LogP contribution >= 0.6 is 11.8 Å². The van der Waals surface area contributed by atoms with E-state index in [1.54, 1.807) is 22.6 Å². The number of rotatable bonds is 6. The average molecular weight is 406 g/mol. The van der Waals surface area contributed by atoms with Crippen molar-refractivity contribution in [3.63, 3.8) is 0 Å². The van der Waals surface area contributed by atoms with Gasteiger partial charge in [-0.2, -0.15) is 10.1 Å². The molecule has 2 aromatic heterocycles. The molecule has 0 amide bonds. The van der Waals surface area contributed by atoms with Crippen LogP contribution in [-0.4, -0.2) is 32.8 Å². The number of hydrogen-bond acceptors (Lipinski definition) is 7. The summed E-state index contributed by atoms with van der Waals surface area (Å²) in [5.74, 6) is 1.22. The fourth-order valence-electron chi connectivity index (χ4n) is 2.76. The fourth-order valence-corrected chi connectivity index (χ4v) is 3.21. The summed E-state index contributed by atoms with van der Waals surface area (Å²) in [6.45, 7) is 2.52. The van der Waals surface area contributed by atoms with Crippen LogP contribution in [0.5, 0.6) is 5.75 Å². The highest BCUT2D eigenvalue weighted by Gasteiger charge is 2.16. The molecule has 0 N–H and O–H groups in total. The molecule has 0 aliphatic rings. The molecular formula is C21H18N4O3S. The van der Waals surface area contributed by atoms with Crippen LogP contribution in [0.4, 0.5) is 0 Å². The van der Waals surface area contributed by atoms with E-state index in [1.165, 1.54) is 6.07 Å². The molecule has 0 saturated carbocycles. The number of aromatic nitrogens is 4. The third-order valence-corrected chi connectivity index (χ3v) is 4.90. The van der Waals surface area contributed by atoms with Gasteiger partial charge in [-0.25, -0.2) is 4.68 Å². The van der Waals surface area contributed by atoms with Gasteiger partial charge in [0.2, 0.25) is 11.3 Å². The van der Waals surface area contributed by atoms with Crippen molar-refractivity contribution in [3.05, 3.63) is 71.0 Å². The molecule has 2 aromatic carbocycles. The first-order chi connectivity index (χ1) is 14.2. The van der Waals surface area contributed by atoms with Gasteiger partial charge in [0.1, 0.15) is 5.75 Å². The van der Waals surface area contributed by atoms with Gasteiger partial charge in [0.05, 0.1) is 12.3 Å². The van der Waals surface area contributed by atoms with Crippen molar-refractivity contribution in [2.24, 2.45) is 0 Å². The summed E-state index contributed by atoms with van der Waals surface area (Å²) < 4.78 is 12.4. The standard InChI is InChI=1S/C21H18N4O3S/c1-3-27-16-9-7-14(8-10-16)20-22-21(28-24-20)19-18(26)11-12-25(23-19)15-5-4-6-17(13-15)29-2/h4-13H,3H2,1-2H3. The lowest BCUT2D eigenvalue weighted by Gasteiger charge is -2.07. The van der Waals surface area contributed by atoms with Crippen LogP contribution in [-0.2, 0) is 0 Å². The summed E-state index contributed by atoms with van der Waals surface area (Å²) in [7, 11) is 0. The average Bonchev–Trinajstić information content (AvgIpc) is 3.25. The molecule has 0 aliphatic heterocycles. The molecule has 4 aromatic rings. The molecule has 7 nitrogen and oxygen atoms in total. The Morgan fingerprint density at radius 2 is 1.97 bits per heavy atom. The van der Waals surface area contributed by atoms with Gasteiger partial charge in [0.25, 0.3) is 5.89 Å². The summed E-state index contributed by atoms with van der Waals surface area (Å²) in [5, 5.41) is 8.40. The Bertz CT molecular complexity index is 1190. The van der Waals surface area contributed by atoms with Crippen LogP contribution in [0.2, 0.25) is 0 Å². The van der Waals surface area contributed by atoms with Gasteiger partial charge in [-0.15, -0.1) is 11.8 Å². The molecule has 8 heteroatoms. The quantitative estimate of drug-likeness (QED) is 0.446. The second-order valence-electron chi connectivity index (χ2n) is 6.06. The van der Waals surface area contributed by atoms with Gasteiger partial charge in [-0.3, -0.25) is 4.79 Å². The number of thioether (sulfide) groups is 1. The summed E-state index contributed by atoms with van der Waals surface area (Å²) in [4.78, 5) is 17.8. The van der Waals surface area contributed by atoms with E-state index in [4.69, 9.17) is 9.26 Å². The van der Waals surface area contributed by atoms with Crippen LogP contribution < -0.4 is 10.2 Å². The third kappa shape index (κ3) is 4.07. The number of benzene rings is 2. The van der Waals surface area contributed by atoms with Gasteiger partial charge in [0.15, 0.2) is 5.69 Å². The maximum Gasteiger partial charge on any atom is 0.282 e. The fraction of sp³-hybridized carbons (Fsp3) is 0.143. The molecule has 0 fully saturated rings. The second-order valence-corrected chi connectivity index (χ2v) is 6.93. The van der Waals surface area contributed by atoms with Gasteiger partial charge in [-0.05, 0) is 55.6 Å². The summed E-state index contributed by atoms with van der Waals surface area (Å²) >= 11 is 1.63. The Morgan fingerprint density at radius 1 is 1.14 bits per heavy atom. The molecular weight excluding hydrogens is 388 g/mol. The van der Waals surface area contributed by atoms with E-state index in [-0.39, 0.29) is 17.0 Å². The Labute approximate surface area is 171 Å². The predicted molar refractivity (Wildman–Crippen MR) is 112 cm³/mol. The van der Waals surface area contributed by atoms with E-state index < -0.39 is 0 Å². The molecule has 146 valence electrons. The van der Waals surface area contributed by atoms with E-state index in [2.05, 4.69) is 15.2 Å². The van der Waals surface area contributed by atoms with E-state index in [0.717, 1.165) is 21.9 Å². The van der Waals surface area contributed by atoms with Crippen molar-refractivity contribution < 1.29 is 9.26 Å². The minimum absolute atomic E-state index is 0.0780. The highest BCUT2D eigenvalue weighted by Crippen LogP contribution is 2.23. The zero-order valence-electron chi connectivity index (χ0n) is 15.9. The molecule has 4 rings (SSSR count). The molecule has 0 bridgehead atoms. The molecule has 0 radical (unpaired) electrons. The minimum Gasteiger partial charge on any atom is -0.494 e. The van der Waals surface area contributed by atoms with Gasteiger partial charge in [-0.1, -0.05) is 11.2 Å². The number of nitrogens with zero attached hydrogens (tertiary/aromatic N) is 4. The number of hydrogen-bond donors (Lipinski definition) is 0. The van der Waals surface area contributed by atoms with Crippen molar-refractivity contribution in [2.45, 2.75) is 11.8 Å². The zero-order valence-corrected chi connectivity index (χ0v) is 16.7. The first-order valence-electron chi connectivity index (χ1n) is 8.99. The normalized spacial score (nSPS) is 10.8. The highest BCUT2D eigenvalue weighted by molar-refractivity contribution is 7.98. The Kier molecular flexibility index (Phi) is 5.44. The van der Waals surface area contributed by atoms with Crippen molar-refractivity contribution in [1.82, 2.24) is 19.9 Å². The van der Waals surface area contributed by atoms with Gasteiger partial charge >= 0.3 is 0 Å². The lowest BCUT2D eigenvalue weighted by molar-refractivity contribution is 0.340. The van der Waals surface area contributed by atoms with E-state index >= 15 is 0 Å². The first-order valence-corrected chi connectivity index (χ1v) is 10.2. The highest BCUT2D eigenvalue weighted by atomic mass is 32.2. The van der Waals surface area contributed by atoms with Crippen molar-refractivity contribution in [3.8, 4) is 34.4 Å². The summed E-state index contributed by atoms with van der Waals surface area (Å²) in [6.07, 6.45) is 3.62. The van der Waals surface area contributed by atoms with Gasteiger partial charge < -0.3 is 9.26 Å². The number of ether oxygens (including phenoxy) is 1. The van der Waals surface area contributed by atoms with Crippen molar-refractivity contribution >= 4 is 11.8 Å². The van der Waals surface area contributed by atoms with E-state index in [9.17, 15) is 4.79 Å². The molecule has 0 saturated heterocycles. The van der Waals surface area contributed by atoms with Crippen LogP contribution in [0.15, 0.2) is 75.0 Å². The van der Waals surface area contributed by atoms with Crippen LogP contribution in [0.25, 0.3) is 28.7 Å². The molecule has 2 heterocycles. The van der Waals surface area contributed by atoms with E-state index in [1.807, 2.05) is 61.7 Å². The largest absolute Gasteiger partial charge is 0.494 e.